The van der Waals surface area contributed by atoms with E-state index in [2.05, 4.69) is 9.80 Å². The third-order valence-corrected chi connectivity index (χ3v) is 6.39. The van der Waals surface area contributed by atoms with Crippen LogP contribution in [0.4, 0.5) is 0 Å². The highest BCUT2D eigenvalue weighted by Gasteiger charge is 2.37. The SMILES string of the molecule is NCC1(CC(=O)N2CCCCC2CN2CCOCC2)CCCCC1. The standard InChI is InChI=1S/C19H35N3O2/c20-16-19(7-3-1-4-8-19)14-18(23)22-9-5-2-6-17(22)15-21-10-12-24-13-11-21/h17H,1-16,20H2. The maximum absolute atomic E-state index is 13.1. The Bertz CT molecular complexity index is 403. The van der Waals surface area contributed by atoms with Crippen LogP contribution in [-0.4, -0.2) is 67.7 Å². The Kier molecular flexibility index (Phi) is 6.53. The number of piperidine rings is 1. The molecule has 0 aromatic carbocycles. The van der Waals surface area contributed by atoms with Crippen LogP contribution in [-0.2, 0) is 9.53 Å². The van der Waals surface area contributed by atoms with Gasteiger partial charge < -0.3 is 15.4 Å². The van der Waals surface area contributed by atoms with Gasteiger partial charge in [0.2, 0.25) is 5.91 Å². The molecule has 5 heteroatoms. The van der Waals surface area contributed by atoms with Crippen molar-refractivity contribution in [3.05, 3.63) is 0 Å². The third-order valence-electron chi connectivity index (χ3n) is 6.39. The predicted octanol–water partition coefficient (Wildman–Crippen LogP) is 2.00. The normalized spacial score (nSPS) is 28.7. The van der Waals surface area contributed by atoms with Crippen molar-refractivity contribution < 1.29 is 9.53 Å². The molecule has 1 aliphatic carbocycles. The molecule has 3 fully saturated rings. The molecule has 138 valence electrons. The second-order valence-corrected chi connectivity index (χ2v) is 8.09. The largest absolute Gasteiger partial charge is 0.379 e. The van der Waals surface area contributed by atoms with E-state index in [-0.39, 0.29) is 5.41 Å². The van der Waals surface area contributed by atoms with Gasteiger partial charge in [0.15, 0.2) is 0 Å². The number of morpholine rings is 1. The van der Waals surface area contributed by atoms with Gasteiger partial charge in [-0.3, -0.25) is 9.69 Å². The molecule has 1 amide bonds. The first-order valence-corrected chi connectivity index (χ1v) is 10.0. The summed E-state index contributed by atoms with van der Waals surface area (Å²) in [7, 11) is 0. The van der Waals surface area contributed by atoms with Gasteiger partial charge >= 0.3 is 0 Å². The van der Waals surface area contributed by atoms with Crippen molar-refractivity contribution in [1.82, 2.24) is 9.80 Å². The monoisotopic (exact) mass is 337 g/mol. The fourth-order valence-corrected chi connectivity index (χ4v) is 4.78. The Morgan fingerprint density at radius 1 is 1.04 bits per heavy atom. The Morgan fingerprint density at radius 3 is 2.50 bits per heavy atom. The summed E-state index contributed by atoms with van der Waals surface area (Å²) in [5, 5.41) is 0. The molecule has 0 aromatic rings. The van der Waals surface area contributed by atoms with Crippen LogP contribution in [0, 0.1) is 5.41 Å². The summed E-state index contributed by atoms with van der Waals surface area (Å²) in [6.45, 7) is 6.30. The molecule has 0 aromatic heterocycles. The zero-order chi connectivity index (χ0) is 16.8. The first kappa shape index (κ1) is 18.2. The number of likely N-dealkylation sites (tertiary alicyclic amines) is 1. The van der Waals surface area contributed by atoms with Gasteiger partial charge in [0.25, 0.3) is 0 Å². The van der Waals surface area contributed by atoms with E-state index in [0.29, 0.717) is 24.9 Å². The predicted molar refractivity (Wildman–Crippen MR) is 95.8 cm³/mol. The lowest BCUT2D eigenvalue weighted by Gasteiger charge is -2.42. The van der Waals surface area contributed by atoms with Gasteiger partial charge in [-0.15, -0.1) is 0 Å². The maximum Gasteiger partial charge on any atom is 0.223 e. The lowest BCUT2D eigenvalue weighted by atomic mass is 9.71. The molecular formula is C19H35N3O2. The van der Waals surface area contributed by atoms with Crippen LogP contribution in [0.5, 0.6) is 0 Å². The van der Waals surface area contributed by atoms with Gasteiger partial charge in [-0.2, -0.15) is 0 Å². The van der Waals surface area contributed by atoms with Crippen LogP contribution in [0.1, 0.15) is 57.8 Å². The van der Waals surface area contributed by atoms with Crippen LogP contribution in [0.2, 0.25) is 0 Å². The average Bonchev–Trinajstić information content (AvgIpc) is 2.64. The van der Waals surface area contributed by atoms with Crippen LogP contribution in [0.15, 0.2) is 0 Å². The van der Waals surface area contributed by atoms with Gasteiger partial charge in [-0.1, -0.05) is 19.3 Å². The average molecular weight is 338 g/mol. The minimum atomic E-state index is 0.0797. The molecule has 24 heavy (non-hydrogen) atoms. The highest BCUT2D eigenvalue weighted by molar-refractivity contribution is 5.77. The number of nitrogens with two attached hydrogens (primary N) is 1. The molecule has 3 rings (SSSR count). The van der Waals surface area contributed by atoms with Crippen molar-refractivity contribution in [1.29, 1.82) is 0 Å². The minimum absolute atomic E-state index is 0.0797. The molecule has 0 radical (unpaired) electrons. The highest BCUT2D eigenvalue weighted by atomic mass is 16.5. The van der Waals surface area contributed by atoms with E-state index in [4.69, 9.17) is 10.5 Å². The van der Waals surface area contributed by atoms with E-state index in [1.54, 1.807) is 0 Å². The van der Waals surface area contributed by atoms with E-state index in [1.807, 2.05) is 0 Å². The first-order valence-electron chi connectivity index (χ1n) is 10.0. The van der Waals surface area contributed by atoms with Crippen molar-refractivity contribution in [2.24, 2.45) is 11.1 Å². The van der Waals surface area contributed by atoms with Crippen LogP contribution >= 0.6 is 0 Å². The van der Waals surface area contributed by atoms with Crippen LogP contribution < -0.4 is 5.73 Å². The molecule has 0 bridgehead atoms. The Balaban J connectivity index is 1.59. The van der Waals surface area contributed by atoms with Crippen molar-refractivity contribution in [2.45, 2.75) is 63.8 Å². The Labute approximate surface area is 146 Å². The van der Waals surface area contributed by atoms with Crippen molar-refractivity contribution in [3.8, 4) is 0 Å². The molecule has 2 N–H and O–H groups in total. The summed E-state index contributed by atoms with van der Waals surface area (Å²) in [5.41, 5.74) is 6.19. The smallest absolute Gasteiger partial charge is 0.223 e. The molecule has 1 unspecified atom stereocenters. The Hall–Kier alpha value is -0.650. The molecule has 0 spiro atoms. The molecular weight excluding hydrogens is 302 g/mol. The quantitative estimate of drug-likeness (QED) is 0.834. The molecule has 5 nitrogen and oxygen atoms in total. The van der Waals surface area contributed by atoms with Gasteiger partial charge in [-0.05, 0) is 44.1 Å². The summed E-state index contributed by atoms with van der Waals surface area (Å²) in [5.74, 6) is 0.361. The molecule has 2 aliphatic heterocycles. The van der Waals surface area contributed by atoms with Crippen LogP contribution in [0.25, 0.3) is 0 Å². The Morgan fingerprint density at radius 2 is 1.79 bits per heavy atom. The zero-order valence-electron chi connectivity index (χ0n) is 15.2. The summed E-state index contributed by atoms with van der Waals surface area (Å²) in [6.07, 6.45) is 10.3. The summed E-state index contributed by atoms with van der Waals surface area (Å²) >= 11 is 0. The van der Waals surface area contributed by atoms with E-state index < -0.39 is 0 Å². The lowest BCUT2D eigenvalue weighted by molar-refractivity contribution is -0.138. The molecule has 1 atom stereocenters. The highest BCUT2D eigenvalue weighted by Crippen LogP contribution is 2.39. The van der Waals surface area contributed by atoms with Gasteiger partial charge in [0.05, 0.1) is 13.2 Å². The van der Waals surface area contributed by atoms with Crippen molar-refractivity contribution in [2.75, 3.05) is 45.9 Å². The third kappa shape index (κ3) is 4.50. The number of nitrogens with zero attached hydrogens (tertiary/aromatic N) is 2. The number of rotatable bonds is 5. The van der Waals surface area contributed by atoms with E-state index in [1.165, 1.54) is 25.7 Å². The van der Waals surface area contributed by atoms with Crippen molar-refractivity contribution in [3.63, 3.8) is 0 Å². The van der Waals surface area contributed by atoms with Gasteiger partial charge in [0, 0.05) is 38.6 Å². The number of hydrogen-bond donors (Lipinski definition) is 1. The molecule has 2 heterocycles. The van der Waals surface area contributed by atoms with E-state index in [9.17, 15) is 4.79 Å². The summed E-state index contributed by atoms with van der Waals surface area (Å²) < 4.78 is 5.46. The molecule has 3 aliphatic rings. The summed E-state index contributed by atoms with van der Waals surface area (Å²) in [6, 6.07) is 0.391. The maximum atomic E-state index is 13.1. The molecule has 2 saturated heterocycles. The van der Waals surface area contributed by atoms with Gasteiger partial charge in [-0.25, -0.2) is 0 Å². The second-order valence-electron chi connectivity index (χ2n) is 8.09. The van der Waals surface area contributed by atoms with Gasteiger partial charge in [0.1, 0.15) is 0 Å². The van der Waals surface area contributed by atoms with E-state index in [0.717, 1.165) is 65.1 Å². The lowest BCUT2D eigenvalue weighted by Crippen LogP contribution is -2.52. The number of carbonyl (C=O) groups excluding carboxylic acids is 1. The number of amides is 1. The first-order chi connectivity index (χ1) is 11.7. The topological polar surface area (TPSA) is 58.8 Å². The summed E-state index contributed by atoms with van der Waals surface area (Å²) in [4.78, 5) is 17.8. The fourth-order valence-electron chi connectivity index (χ4n) is 4.78. The second kappa shape index (κ2) is 8.63. The minimum Gasteiger partial charge on any atom is -0.379 e. The van der Waals surface area contributed by atoms with Crippen molar-refractivity contribution >= 4 is 5.91 Å². The number of hydrogen-bond acceptors (Lipinski definition) is 4. The zero-order valence-corrected chi connectivity index (χ0v) is 15.2. The van der Waals surface area contributed by atoms with Crippen LogP contribution in [0.3, 0.4) is 0 Å². The van der Waals surface area contributed by atoms with E-state index >= 15 is 0 Å². The fraction of sp³-hybridized carbons (Fsp3) is 0.947. The number of carbonyl (C=O) groups is 1. The number of ether oxygens (including phenoxy) is 1. The molecule has 1 saturated carbocycles.